The predicted octanol–water partition coefficient (Wildman–Crippen LogP) is 4.71. The summed E-state index contributed by atoms with van der Waals surface area (Å²) in [6.45, 7) is 9.82. The van der Waals surface area contributed by atoms with Crippen LogP contribution in [0.25, 0.3) is 0 Å². The fourth-order valence-electron chi connectivity index (χ4n) is 4.25. The summed E-state index contributed by atoms with van der Waals surface area (Å²) in [4.78, 5) is 28.0. The molecule has 0 aliphatic carbocycles. The highest BCUT2D eigenvalue weighted by Crippen LogP contribution is 2.22. The molecule has 9 heteroatoms. The number of rotatable bonds is 13. The number of benzene rings is 2. The van der Waals surface area contributed by atoms with Crippen molar-refractivity contribution in [1.82, 2.24) is 10.2 Å². The van der Waals surface area contributed by atoms with Crippen LogP contribution in [0.3, 0.4) is 0 Å². The Morgan fingerprint density at radius 2 is 1.59 bits per heavy atom. The van der Waals surface area contributed by atoms with Gasteiger partial charge in [-0.25, -0.2) is 12.8 Å². The van der Waals surface area contributed by atoms with Gasteiger partial charge in [-0.2, -0.15) is 0 Å². The van der Waals surface area contributed by atoms with E-state index in [1.165, 1.54) is 21.3 Å². The average molecular weight is 534 g/mol. The highest BCUT2D eigenvalue weighted by atomic mass is 32.2. The molecular formula is C28H40FN3O4S. The SMILES string of the molecule is CC[C@@H](C)NC(=O)[C@H](CC)N(Cc1ccc(F)cc1)C(=O)CCCN(c1cc(C)cc(C)c1)S(C)(=O)=O. The third-order valence-corrected chi connectivity index (χ3v) is 7.49. The molecule has 0 bridgehead atoms. The van der Waals surface area contributed by atoms with Crippen molar-refractivity contribution in [2.24, 2.45) is 0 Å². The highest BCUT2D eigenvalue weighted by Gasteiger charge is 2.29. The topological polar surface area (TPSA) is 86.8 Å². The molecule has 2 aromatic rings. The van der Waals surface area contributed by atoms with Crippen LogP contribution in [0.5, 0.6) is 0 Å². The van der Waals surface area contributed by atoms with E-state index in [0.29, 0.717) is 17.7 Å². The van der Waals surface area contributed by atoms with E-state index in [9.17, 15) is 22.4 Å². The molecular weight excluding hydrogens is 493 g/mol. The van der Waals surface area contributed by atoms with Gasteiger partial charge in [0.15, 0.2) is 0 Å². The number of anilines is 1. The van der Waals surface area contributed by atoms with Crippen molar-refractivity contribution in [1.29, 1.82) is 0 Å². The van der Waals surface area contributed by atoms with Gasteiger partial charge in [0.25, 0.3) is 0 Å². The van der Waals surface area contributed by atoms with Crippen LogP contribution in [0.4, 0.5) is 10.1 Å². The summed E-state index contributed by atoms with van der Waals surface area (Å²) in [5, 5.41) is 2.96. The van der Waals surface area contributed by atoms with Gasteiger partial charge < -0.3 is 10.2 Å². The zero-order chi connectivity index (χ0) is 27.8. The molecule has 37 heavy (non-hydrogen) atoms. The molecule has 2 rings (SSSR count). The lowest BCUT2D eigenvalue weighted by molar-refractivity contribution is -0.141. The van der Waals surface area contributed by atoms with Crippen LogP contribution in [-0.4, -0.2) is 50.0 Å². The van der Waals surface area contributed by atoms with Gasteiger partial charge in [-0.05, 0) is 81.0 Å². The molecule has 2 amide bonds. The molecule has 0 radical (unpaired) electrons. The largest absolute Gasteiger partial charge is 0.352 e. The van der Waals surface area contributed by atoms with Gasteiger partial charge in [0, 0.05) is 25.6 Å². The number of aryl methyl sites for hydroxylation is 2. The van der Waals surface area contributed by atoms with Crippen LogP contribution in [0.2, 0.25) is 0 Å². The molecule has 2 atom stereocenters. The lowest BCUT2D eigenvalue weighted by Crippen LogP contribution is -2.50. The van der Waals surface area contributed by atoms with E-state index in [-0.39, 0.29) is 49.6 Å². The van der Waals surface area contributed by atoms with Gasteiger partial charge >= 0.3 is 0 Å². The summed E-state index contributed by atoms with van der Waals surface area (Å²) in [7, 11) is -3.56. The first-order valence-corrected chi connectivity index (χ1v) is 14.6. The zero-order valence-corrected chi connectivity index (χ0v) is 23.6. The second-order valence-electron chi connectivity index (χ2n) is 9.67. The van der Waals surface area contributed by atoms with Gasteiger partial charge in [-0.3, -0.25) is 13.9 Å². The van der Waals surface area contributed by atoms with Crippen molar-refractivity contribution in [3.63, 3.8) is 0 Å². The van der Waals surface area contributed by atoms with E-state index in [1.54, 1.807) is 12.1 Å². The number of nitrogens with zero attached hydrogens (tertiary/aromatic N) is 2. The fourth-order valence-corrected chi connectivity index (χ4v) is 5.19. The van der Waals surface area contributed by atoms with Crippen LogP contribution in [-0.2, 0) is 26.2 Å². The van der Waals surface area contributed by atoms with Crippen molar-refractivity contribution < 1.29 is 22.4 Å². The Kier molecular flexibility index (Phi) is 11.1. The number of amides is 2. The maximum absolute atomic E-state index is 13.5. The number of halogens is 1. The summed E-state index contributed by atoms with van der Waals surface area (Å²) in [6, 6.07) is 10.7. The molecule has 0 aliphatic heterocycles. The molecule has 2 aromatic carbocycles. The second-order valence-corrected chi connectivity index (χ2v) is 11.6. The Hall–Kier alpha value is -2.94. The minimum atomic E-state index is -3.56. The Labute approximate surface area is 221 Å². The Morgan fingerprint density at radius 3 is 2.11 bits per heavy atom. The van der Waals surface area contributed by atoms with E-state index in [4.69, 9.17) is 0 Å². The normalized spacial score (nSPS) is 13.1. The van der Waals surface area contributed by atoms with Gasteiger partial charge in [-0.1, -0.05) is 32.0 Å². The molecule has 0 saturated carbocycles. The van der Waals surface area contributed by atoms with Crippen molar-refractivity contribution in [2.75, 3.05) is 17.1 Å². The number of carbonyl (C=O) groups is 2. The van der Waals surface area contributed by atoms with E-state index in [0.717, 1.165) is 23.8 Å². The van der Waals surface area contributed by atoms with Crippen LogP contribution in [0, 0.1) is 19.7 Å². The number of nitrogens with one attached hydrogen (secondary N) is 1. The predicted molar refractivity (Wildman–Crippen MR) is 146 cm³/mol. The van der Waals surface area contributed by atoms with E-state index in [1.807, 2.05) is 52.8 Å². The first-order chi connectivity index (χ1) is 17.3. The van der Waals surface area contributed by atoms with Gasteiger partial charge in [0.1, 0.15) is 11.9 Å². The molecule has 0 heterocycles. The van der Waals surface area contributed by atoms with Gasteiger partial charge in [-0.15, -0.1) is 0 Å². The standard InChI is InChI=1S/C28H40FN3O4S/c1-7-22(5)30-28(34)26(8-2)31(19-23-11-13-24(29)14-12-23)27(33)10-9-15-32(37(6,35)36)25-17-20(3)16-21(4)18-25/h11-14,16-18,22,26H,7-10,15,19H2,1-6H3,(H,30,34)/t22-,26+/m1/s1. The number of hydrogen-bond donors (Lipinski definition) is 1. The molecule has 0 saturated heterocycles. The lowest BCUT2D eigenvalue weighted by atomic mass is 10.1. The molecule has 1 N–H and O–H groups in total. The molecule has 204 valence electrons. The van der Waals surface area contributed by atoms with Crippen molar-refractivity contribution in [3.05, 3.63) is 65.0 Å². The fraction of sp³-hybridized carbons (Fsp3) is 0.500. The molecule has 0 spiro atoms. The minimum absolute atomic E-state index is 0.0366. The molecule has 0 aliphatic rings. The van der Waals surface area contributed by atoms with Crippen LogP contribution in [0.15, 0.2) is 42.5 Å². The van der Waals surface area contributed by atoms with Crippen molar-refractivity contribution in [2.45, 2.75) is 78.9 Å². The third kappa shape index (κ3) is 9.14. The van der Waals surface area contributed by atoms with Crippen molar-refractivity contribution >= 4 is 27.5 Å². The average Bonchev–Trinajstić information content (AvgIpc) is 2.81. The number of sulfonamides is 1. The Bertz CT molecular complexity index is 1150. The molecule has 0 aromatic heterocycles. The summed E-state index contributed by atoms with van der Waals surface area (Å²) >= 11 is 0. The first kappa shape index (κ1) is 30.3. The summed E-state index contributed by atoms with van der Waals surface area (Å²) in [5.74, 6) is -0.875. The Morgan fingerprint density at radius 1 is 1.00 bits per heavy atom. The van der Waals surface area contributed by atoms with E-state index >= 15 is 0 Å². The summed E-state index contributed by atoms with van der Waals surface area (Å²) in [5.41, 5.74) is 3.17. The van der Waals surface area contributed by atoms with Crippen LogP contribution >= 0.6 is 0 Å². The van der Waals surface area contributed by atoms with Gasteiger partial charge in [0.2, 0.25) is 21.8 Å². The highest BCUT2D eigenvalue weighted by molar-refractivity contribution is 7.92. The molecule has 0 fully saturated rings. The van der Waals surface area contributed by atoms with E-state index < -0.39 is 16.1 Å². The minimum Gasteiger partial charge on any atom is -0.352 e. The molecule has 7 nitrogen and oxygen atoms in total. The third-order valence-electron chi connectivity index (χ3n) is 6.30. The second kappa shape index (κ2) is 13.6. The summed E-state index contributed by atoms with van der Waals surface area (Å²) in [6.07, 6.45) is 2.66. The number of hydrogen-bond acceptors (Lipinski definition) is 4. The number of carbonyl (C=O) groups excluding carboxylic acids is 2. The first-order valence-electron chi connectivity index (χ1n) is 12.8. The van der Waals surface area contributed by atoms with Crippen LogP contribution < -0.4 is 9.62 Å². The van der Waals surface area contributed by atoms with E-state index in [2.05, 4.69) is 5.32 Å². The zero-order valence-electron chi connectivity index (χ0n) is 22.8. The lowest BCUT2D eigenvalue weighted by Gasteiger charge is -2.32. The maximum atomic E-state index is 13.5. The maximum Gasteiger partial charge on any atom is 0.243 e. The Balaban J connectivity index is 2.24. The molecule has 0 unspecified atom stereocenters. The van der Waals surface area contributed by atoms with Crippen LogP contribution in [0.1, 0.15) is 63.1 Å². The monoisotopic (exact) mass is 533 g/mol. The van der Waals surface area contributed by atoms with Gasteiger partial charge in [0.05, 0.1) is 11.9 Å². The van der Waals surface area contributed by atoms with Crippen molar-refractivity contribution in [3.8, 4) is 0 Å². The summed E-state index contributed by atoms with van der Waals surface area (Å²) < 4.78 is 39.9. The quantitative estimate of drug-likeness (QED) is 0.404. The smallest absolute Gasteiger partial charge is 0.243 e.